The lowest BCUT2D eigenvalue weighted by Gasteiger charge is -2.38. The molecule has 0 N–H and O–H groups in total. The topological polar surface area (TPSA) is 84.2 Å². The van der Waals surface area contributed by atoms with Crippen molar-refractivity contribution in [3.63, 3.8) is 0 Å². The molecule has 174 valence electrons. The molecule has 0 atom stereocenters. The van der Waals surface area contributed by atoms with E-state index in [1.54, 1.807) is 27.6 Å². The molecule has 2 aliphatic heterocycles. The number of benzene rings is 4. The maximum atomic E-state index is 13.9. The average molecular weight is 474 g/mol. The van der Waals surface area contributed by atoms with E-state index in [0.29, 0.717) is 59.2 Å². The molecule has 0 bridgehead atoms. The third-order valence-electron chi connectivity index (χ3n) is 7.49. The highest BCUT2D eigenvalue weighted by molar-refractivity contribution is 6.31. The lowest BCUT2D eigenvalue weighted by molar-refractivity contribution is -0.0553. The first-order valence-corrected chi connectivity index (χ1v) is 11.9. The van der Waals surface area contributed by atoms with E-state index in [0.717, 1.165) is 27.2 Å². The molecule has 4 heterocycles. The Labute approximate surface area is 203 Å². The van der Waals surface area contributed by atoms with Crippen LogP contribution in [0.25, 0.3) is 49.0 Å². The van der Waals surface area contributed by atoms with Crippen molar-refractivity contribution in [2.75, 3.05) is 26.3 Å². The average Bonchev–Trinajstić information content (AvgIpc) is 2.91. The summed E-state index contributed by atoms with van der Waals surface area (Å²) < 4.78 is 7.06. The summed E-state index contributed by atoms with van der Waals surface area (Å²) >= 11 is 0. The van der Waals surface area contributed by atoms with E-state index in [2.05, 4.69) is 0 Å². The van der Waals surface area contributed by atoms with Gasteiger partial charge in [-0.3, -0.25) is 18.8 Å². The van der Waals surface area contributed by atoms with Gasteiger partial charge in [-0.1, -0.05) is 24.3 Å². The van der Waals surface area contributed by atoms with Gasteiger partial charge in [0.05, 0.1) is 35.4 Å². The summed E-state index contributed by atoms with van der Waals surface area (Å²) in [5.74, 6) is -0.762. The number of pyridine rings is 1. The SMILES string of the molecule is O=C1c2ccc3c(=O)n4c5cccc6cccc(nc4c4ccc(c2c34)C(=O)N1N1CCOCC1)c65. The van der Waals surface area contributed by atoms with E-state index in [1.807, 2.05) is 42.5 Å². The van der Waals surface area contributed by atoms with Gasteiger partial charge >= 0.3 is 0 Å². The maximum absolute atomic E-state index is 13.9. The zero-order chi connectivity index (χ0) is 24.1. The van der Waals surface area contributed by atoms with Crippen molar-refractivity contribution in [1.82, 2.24) is 19.4 Å². The minimum absolute atomic E-state index is 0.220. The van der Waals surface area contributed by atoms with Gasteiger partial charge in [-0.2, -0.15) is 0 Å². The fraction of sp³-hybridized carbons (Fsp3) is 0.143. The maximum Gasteiger partial charge on any atom is 0.276 e. The fourth-order valence-corrected chi connectivity index (χ4v) is 5.91. The number of carbonyl (C=O) groups excluding carboxylic acids is 2. The zero-order valence-electron chi connectivity index (χ0n) is 19.0. The van der Waals surface area contributed by atoms with Gasteiger partial charge in [0.1, 0.15) is 5.65 Å². The van der Waals surface area contributed by atoms with Crippen molar-refractivity contribution in [2.24, 2.45) is 0 Å². The predicted molar refractivity (Wildman–Crippen MR) is 136 cm³/mol. The van der Waals surface area contributed by atoms with Crippen LogP contribution in [0, 0.1) is 0 Å². The number of imide groups is 1. The van der Waals surface area contributed by atoms with Crippen molar-refractivity contribution in [2.45, 2.75) is 0 Å². The van der Waals surface area contributed by atoms with Crippen LogP contribution in [0.4, 0.5) is 0 Å². The molecule has 0 unspecified atom stereocenters. The number of amides is 2. The Morgan fingerprint density at radius 3 is 2.17 bits per heavy atom. The zero-order valence-corrected chi connectivity index (χ0v) is 19.0. The van der Waals surface area contributed by atoms with Crippen molar-refractivity contribution < 1.29 is 14.3 Å². The largest absolute Gasteiger partial charge is 0.379 e. The Kier molecular flexibility index (Phi) is 3.77. The Hall–Kier alpha value is -4.40. The van der Waals surface area contributed by atoms with Gasteiger partial charge in [-0.25, -0.2) is 15.0 Å². The van der Waals surface area contributed by atoms with E-state index >= 15 is 0 Å². The van der Waals surface area contributed by atoms with Crippen LogP contribution in [-0.2, 0) is 4.74 Å². The van der Waals surface area contributed by atoms with Crippen LogP contribution in [0.15, 0.2) is 65.5 Å². The molecule has 0 spiro atoms. The molecule has 8 heteroatoms. The molecule has 0 aliphatic carbocycles. The number of carbonyl (C=O) groups is 2. The van der Waals surface area contributed by atoms with Gasteiger partial charge in [0.15, 0.2) is 0 Å². The van der Waals surface area contributed by atoms with Crippen molar-refractivity contribution in [3.05, 3.63) is 82.1 Å². The smallest absolute Gasteiger partial charge is 0.276 e. The molecule has 2 amide bonds. The highest BCUT2D eigenvalue weighted by Crippen LogP contribution is 2.38. The number of hydrazine groups is 1. The summed E-state index contributed by atoms with van der Waals surface area (Å²) in [5, 5.41) is 7.24. The van der Waals surface area contributed by atoms with Crippen molar-refractivity contribution in [3.8, 4) is 0 Å². The van der Waals surface area contributed by atoms with Gasteiger partial charge in [0.25, 0.3) is 17.4 Å². The summed E-state index contributed by atoms with van der Waals surface area (Å²) in [6.07, 6.45) is 0. The molecule has 0 radical (unpaired) electrons. The Morgan fingerprint density at radius 1 is 0.722 bits per heavy atom. The lowest BCUT2D eigenvalue weighted by atomic mass is 9.90. The second-order valence-electron chi connectivity index (χ2n) is 9.29. The van der Waals surface area contributed by atoms with Gasteiger partial charge in [-0.05, 0) is 41.8 Å². The predicted octanol–water partition coefficient (Wildman–Crippen LogP) is 3.59. The number of hydrogen-bond acceptors (Lipinski definition) is 6. The molecule has 1 saturated heterocycles. The number of ether oxygens (including phenoxy) is 1. The minimum atomic E-state index is -0.381. The molecular weight excluding hydrogens is 456 g/mol. The summed E-state index contributed by atoms with van der Waals surface area (Å²) in [4.78, 5) is 46.0. The first-order chi connectivity index (χ1) is 17.6. The number of aromatic nitrogens is 2. The van der Waals surface area contributed by atoms with Gasteiger partial charge in [-0.15, -0.1) is 0 Å². The Morgan fingerprint density at radius 2 is 1.42 bits per heavy atom. The fourth-order valence-electron chi connectivity index (χ4n) is 5.91. The van der Waals surface area contributed by atoms with Crippen LogP contribution in [0.1, 0.15) is 20.7 Å². The standard InChI is InChI=1S/C28H18N4O4/c33-26-17-9-10-19-24-18(27(34)32(28(19)35)30-11-13-36-14-12-30)8-7-16(23(17)24)25-29-20-5-1-3-15-4-2-6-21(22(15)20)31(25)26/h1-10H,11-14H2. The van der Waals surface area contributed by atoms with E-state index in [4.69, 9.17) is 9.72 Å². The van der Waals surface area contributed by atoms with Gasteiger partial charge in [0, 0.05) is 40.0 Å². The molecule has 36 heavy (non-hydrogen) atoms. The third kappa shape index (κ3) is 2.35. The monoisotopic (exact) mass is 474 g/mol. The second-order valence-corrected chi connectivity index (χ2v) is 9.29. The number of nitrogens with zero attached hydrogens (tertiary/aromatic N) is 4. The lowest BCUT2D eigenvalue weighted by Crippen LogP contribution is -2.55. The molecule has 2 aliphatic rings. The summed E-state index contributed by atoms with van der Waals surface area (Å²) in [5.41, 5.74) is 2.69. The van der Waals surface area contributed by atoms with E-state index in [9.17, 15) is 14.4 Å². The molecule has 8 rings (SSSR count). The van der Waals surface area contributed by atoms with E-state index in [1.165, 1.54) is 5.01 Å². The number of morpholine rings is 1. The molecule has 0 saturated carbocycles. The van der Waals surface area contributed by atoms with E-state index < -0.39 is 0 Å². The van der Waals surface area contributed by atoms with Crippen LogP contribution in [0.3, 0.4) is 0 Å². The Bertz CT molecular complexity index is 1980. The first kappa shape index (κ1) is 19.9. The molecule has 1 fully saturated rings. The van der Waals surface area contributed by atoms with Crippen molar-refractivity contribution in [1.29, 1.82) is 0 Å². The molecule has 8 nitrogen and oxygen atoms in total. The third-order valence-corrected chi connectivity index (χ3v) is 7.49. The van der Waals surface area contributed by atoms with Gasteiger partial charge < -0.3 is 4.74 Å². The van der Waals surface area contributed by atoms with Crippen LogP contribution >= 0.6 is 0 Å². The number of fused-ring (bicyclic) bond motifs is 3. The summed E-state index contributed by atoms with van der Waals surface area (Å²) in [6.45, 7) is 1.83. The molecular formula is C28H18N4O4. The first-order valence-electron chi connectivity index (χ1n) is 11.9. The van der Waals surface area contributed by atoms with Gasteiger partial charge in [0.2, 0.25) is 0 Å². The van der Waals surface area contributed by atoms with Crippen LogP contribution in [-0.4, -0.2) is 57.5 Å². The van der Waals surface area contributed by atoms with Crippen LogP contribution in [0.5, 0.6) is 0 Å². The number of rotatable bonds is 1. The molecule has 4 aromatic carbocycles. The van der Waals surface area contributed by atoms with Crippen LogP contribution in [0.2, 0.25) is 0 Å². The number of hydrogen-bond donors (Lipinski definition) is 0. The normalized spacial score (nSPS) is 16.9. The quantitative estimate of drug-likeness (QED) is 0.206. The van der Waals surface area contributed by atoms with Crippen LogP contribution < -0.4 is 5.56 Å². The van der Waals surface area contributed by atoms with Crippen molar-refractivity contribution >= 4 is 60.8 Å². The summed E-state index contributed by atoms with van der Waals surface area (Å²) in [6, 6.07) is 18.8. The summed E-state index contributed by atoms with van der Waals surface area (Å²) in [7, 11) is 0. The van der Waals surface area contributed by atoms with E-state index in [-0.39, 0.29) is 17.4 Å². The molecule has 6 aromatic rings. The minimum Gasteiger partial charge on any atom is -0.379 e. The Balaban J connectivity index is 1.51. The molecule has 2 aromatic heterocycles. The highest BCUT2D eigenvalue weighted by atomic mass is 16.5. The highest BCUT2D eigenvalue weighted by Gasteiger charge is 2.38. The second kappa shape index (κ2) is 6.84.